The maximum absolute atomic E-state index is 12.5. The van der Waals surface area contributed by atoms with Crippen LogP contribution in [0.25, 0.3) is 10.6 Å². The highest BCUT2D eigenvalue weighted by Gasteiger charge is 2.21. The van der Waals surface area contributed by atoms with Gasteiger partial charge >= 0.3 is 0 Å². The number of unbranched alkanes of at least 4 members (excludes halogenated alkanes) is 1. The maximum Gasteiger partial charge on any atom is 0.228 e. The molecule has 136 valence electrons. The highest BCUT2D eigenvalue weighted by atomic mass is 32.1. The van der Waals surface area contributed by atoms with Crippen LogP contribution in [0.3, 0.4) is 0 Å². The van der Waals surface area contributed by atoms with Crippen LogP contribution < -0.4 is 9.64 Å². The summed E-state index contributed by atoms with van der Waals surface area (Å²) in [6, 6.07) is 7.80. The maximum atomic E-state index is 12.5. The van der Waals surface area contributed by atoms with Gasteiger partial charge in [0, 0.05) is 18.5 Å². The Morgan fingerprint density at radius 1 is 1.20 bits per heavy atom. The Bertz CT molecular complexity index is 668. The zero-order valence-electron chi connectivity index (χ0n) is 15.5. The van der Waals surface area contributed by atoms with Crippen molar-refractivity contribution in [1.29, 1.82) is 0 Å². The Balaban J connectivity index is 2.18. The van der Waals surface area contributed by atoms with Crippen molar-refractivity contribution in [1.82, 2.24) is 10.2 Å². The number of amides is 1. The summed E-state index contributed by atoms with van der Waals surface area (Å²) in [4.78, 5) is 14.3. The number of carbonyl (C=O) groups excluding carboxylic acids is 1. The Labute approximate surface area is 154 Å². The van der Waals surface area contributed by atoms with Gasteiger partial charge in [0.25, 0.3) is 0 Å². The molecule has 0 saturated carbocycles. The van der Waals surface area contributed by atoms with Gasteiger partial charge in [0.15, 0.2) is 0 Å². The van der Waals surface area contributed by atoms with Gasteiger partial charge < -0.3 is 4.74 Å². The van der Waals surface area contributed by atoms with E-state index in [1.807, 2.05) is 31.2 Å². The Hall–Kier alpha value is -1.95. The molecule has 1 amide bonds. The number of carbonyl (C=O) groups is 1. The molecular weight excluding hydrogens is 334 g/mol. The zero-order chi connectivity index (χ0) is 18.2. The van der Waals surface area contributed by atoms with Crippen LogP contribution >= 0.6 is 11.3 Å². The van der Waals surface area contributed by atoms with E-state index in [9.17, 15) is 4.79 Å². The fourth-order valence-corrected chi connectivity index (χ4v) is 3.29. The normalized spacial score (nSPS) is 10.9. The van der Waals surface area contributed by atoms with Crippen LogP contribution in [-0.4, -0.2) is 29.3 Å². The van der Waals surface area contributed by atoms with Crippen LogP contribution in [0, 0.1) is 5.92 Å². The van der Waals surface area contributed by atoms with Gasteiger partial charge in [-0.25, -0.2) is 0 Å². The zero-order valence-corrected chi connectivity index (χ0v) is 16.3. The molecule has 0 fully saturated rings. The van der Waals surface area contributed by atoms with Crippen LogP contribution in [-0.2, 0) is 4.79 Å². The highest BCUT2D eigenvalue weighted by molar-refractivity contribution is 7.18. The van der Waals surface area contributed by atoms with Crippen molar-refractivity contribution in [2.24, 2.45) is 5.92 Å². The monoisotopic (exact) mass is 361 g/mol. The summed E-state index contributed by atoms with van der Waals surface area (Å²) in [6.07, 6.45) is 2.47. The molecule has 0 saturated heterocycles. The van der Waals surface area contributed by atoms with Crippen molar-refractivity contribution in [2.45, 2.75) is 47.0 Å². The summed E-state index contributed by atoms with van der Waals surface area (Å²) in [6.45, 7) is 9.58. The average molecular weight is 362 g/mol. The van der Waals surface area contributed by atoms with Gasteiger partial charge in [0.1, 0.15) is 10.8 Å². The first-order valence-electron chi connectivity index (χ1n) is 8.92. The summed E-state index contributed by atoms with van der Waals surface area (Å²) in [5.41, 5.74) is 0.984. The molecule has 25 heavy (non-hydrogen) atoms. The van der Waals surface area contributed by atoms with Crippen molar-refractivity contribution < 1.29 is 9.53 Å². The lowest BCUT2D eigenvalue weighted by molar-refractivity contribution is -0.118. The SMILES string of the molecule is CCCCC(=O)N(CC(C)C)c1nnc(-c2ccc(OCC)cc2)s1. The van der Waals surface area contributed by atoms with Gasteiger partial charge in [-0.1, -0.05) is 38.5 Å². The van der Waals surface area contributed by atoms with Gasteiger partial charge in [-0.2, -0.15) is 0 Å². The van der Waals surface area contributed by atoms with E-state index < -0.39 is 0 Å². The molecule has 1 aromatic carbocycles. The molecule has 2 rings (SSSR count). The minimum Gasteiger partial charge on any atom is -0.494 e. The molecular formula is C19H27N3O2S. The van der Waals surface area contributed by atoms with Gasteiger partial charge in [-0.3, -0.25) is 9.69 Å². The van der Waals surface area contributed by atoms with Crippen molar-refractivity contribution >= 4 is 22.4 Å². The summed E-state index contributed by atoms with van der Waals surface area (Å²) in [5.74, 6) is 1.35. The number of benzene rings is 1. The first-order chi connectivity index (χ1) is 12.0. The number of anilines is 1. The van der Waals surface area contributed by atoms with Crippen LogP contribution in [0.15, 0.2) is 24.3 Å². The van der Waals surface area contributed by atoms with E-state index in [1.165, 1.54) is 11.3 Å². The van der Waals surface area contributed by atoms with Crippen molar-refractivity contribution in [2.75, 3.05) is 18.1 Å². The molecule has 0 radical (unpaired) electrons. The average Bonchev–Trinajstić information content (AvgIpc) is 3.08. The molecule has 1 aromatic heterocycles. The van der Waals surface area contributed by atoms with E-state index in [2.05, 4.69) is 31.0 Å². The summed E-state index contributed by atoms with van der Waals surface area (Å²) in [5, 5.41) is 10.1. The van der Waals surface area contributed by atoms with Crippen LogP contribution in [0.1, 0.15) is 47.0 Å². The molecule has 1 heterocycles. The lowest BCUT2D eigenvalue weighted by Crippen LogP contribution is -2.34. The second-order valence-corrected chi connectivity index (χ2v) is 7.30. The molecule has 0 aliphatic carbocycles. The van der Waals surface area contributed by atoms with Crippen molar-refractivity contribution in [3.63, 3.8) is 0 Å². The number of ether oxygens (including phenoxy) is 1. The van der Waals surface area contributed by atoms with Gasteiger partial charge in [-0.05, 0) is 43.5 Å². The molecule has 6 heteroatoms. The topological polar surface area (TPSA) is 55.3 Å². The second kappa shape index (κ2) is 9.51. The minimum absolute atomic E-state index is 0.130. The van der Waals surface area contributed by atoms with Gasteiger partial charge in [-0.15, -0.1) is 10.2 Å². The second-order valence-electron chi connectivity index (χ2n) is 6.35. The quantitative estimate of drug-likeness (QED) is 0.645. The van der Waals surface area contributed by atoms with Crippen LogP contribution in [0.5, 0.6) is 5.75 Å². The molecule has 0 N–H and O–H groups in total. The first kappa shape index (κ1) is 19.4. The molecule has 0 aliphatic heterocycles. The molecule has 2 aromatic rings. The minimum atomic E-state index is 0.130. The van der Waals surface area contributed by atoms with Crippen molar-refractivity contribution in [3.05, 3.63) is 24.3 Å². The molecule has 0 spiro atoms. The number of nitrogens with zero attached hydrogens (tertiary/aromatic N) is 3. The Morgan fingerprint density at radius 3 is 2.52 bits per heavy atom. The Kier molecular flexibility index (Phi) is 7.37. The molecule has 0 unspecified atom stereocenters. The third kappa shape index (κ3) is 5.53. The number of rotatable bonds is 9. The van der Waals surface area contributed by atoms with E-state index in [0.717, 1.165) is 29.2 Å². The number of hydrogen-bond donors (Lipinski definition) is 0. The van der Waals surface area contributed by atoms with Crippen LogP contribution in [0.4, 0.5) is 5.13 Å². The molecule has 0 atom stereocenters. The van der Waals surface area contributed by atoms with E-state index >= 15 is 0 Å². The first-order valence-corrected chi connectivity index (χ1v) is 9.73. The van der Waals surface area contributed by atoms with Crippen molar-refractivity contribution in [3.8, 4) is 16.3 Å². The largest absolute Gasteiger partial charge is 0.494 e. The predicted molar refractivity (Wildman–Crippen MR) is 103 cm³/mol. The Morgan fingerprint density at radius 2 is 1.92 bits per heavy atom. The fourth-order valence-electron chi connectivity index (χ4n) is 2.42. The molecule has 0 bridgehead atoms. The van der Waals surface area contributed by atoms with Gasteiger partial charge in [0.05, 0.1) is 6.61 Å². The van der Waals surface area contributed by atoms with Crippen LogP contribution in [0.2, 0.25) is 0 Å². The highest BCUT2D eigenvalue weighted by Crippen LogP contribution is 2.30. The lowest BCUT2D eigenvalue weighted by Gasteiger charge is -2.21. The number of aromatic nitrogens is 2. The summed E-state index contributed by atoms with van der Waals surface area (Å²) in [7, 11) is 0. The predicted octanol–water partition coefficient (Wildman–Crippen LogP) is 4.78. The lowest BCUT2D eigenvalue weighted by atomic mass is 10.2. The third-order valence-corrected chi connectivity index (χ3v) is 4.65. The van der Waals surface area contributed by atoms with E-state index in [1.54, 1.807) is 4.90 Å². The van der Waals surface area contributed by atoms with E-state index in [0.29, 0.717) is 30.6 Å². The molecule has 5 nitrogen and oxygen atoms in total. The van der Waals surface area contributed by atoms with E-state index in [4.69, 9.17) is 4.74 Å². The molecule has 0 aliphatic rings. The van der Waals surface area contributed by atoms with Gasteiger partial charge in [0.2, 0.25) is 11.0 Å². The number of hydrogen-bond acceptors (Lipinski definition) is 5. The fraction of sp³-hybridized carbons (Fsp3) is 0.526. The van der Waals surface area contributed by atoms with E-state index in [-0.39, 0.29) is 5.91 Å². The summed E-state index contributed by atoms with van der Waals surface area (Å²) < 4.78 is 5.47. The standard InChI is InChI=1S/C19H27N3O2S/c1-5-7-8-17(23)22(13-14(3)4)19-21-20-18(25-19)15-9-11-16(12-10-15)24-6-2/h9-12,14H,5-8,13H2,1-4H3. The smallest absolute Gasteiger partial charge is 0.228 e. The summed E-state index contributed by atoms with van der Waals surface area (Å²) >= 11 is 1.46. The third-order valence-electron chi connectivity index (χ3n) is 3.65.